The van der Waals surface area contributed by atoms with Crippen molar-refractivity contribution in [3.8, 4) is 0 Å². The second-order valence-corrected chi connectivity index (χ2v) is 15.6. The molecule has 0 heterocycles. The number of hydrogen-bond acceptors (Lipinski definition) is 6. The summed E-state index contributed by atoms with van der Waals surface area (Å²) < 4.78 is 26.3. The molecule has 0 aromatic heterocycles. The molecule has 0 aromatic rings. The van der Waals surface area contributed by atoms with Crippen LogP contribution in [-0.2, 0) is 28.2 Å². The van der Waals surface area contributed by atoms with Gasteiger partial charge in [0.15, 0.2) is 6.10 Å². The molecule has 0 radical (unpaired) electrons. The first-order chi connectivity index (χ1) is 24.3. The van der Waals surface area contributed by atoms with Gasteiger partial charge in [-0.15, -0.1) is 0 Å². The Morgan fingerprint density at radius 2 is 0.860 bits per heavy atom. The molecule has 0 unspecified atom stereocenters. The topological polar surface area (TPSA) is 119 Å². The molecule has 0 rings (SSSR count). The maximum Gasteiger partial charge on any atom is 0.469 e. The van der Waals surface area contributed by atoms with E-state index in [1.54, 1.807) is 0 Å². The normalized spacial score (nSPS) is 12.5. The smallest absolute Gasteiger partial charge is 0.462 e. The fourth-order valence-electron chi connectivity index (χ4n) is 6.12. The first-order valence-corrected chi connectivity index (χ1v) is 22.5. The SMILES string of the molecule is CCCC/C=C\CCCCCCCC(=O)O[C@H](COC(=O)CCCCCCCCCCCCCCCCCCCCCCC)COP(=O)(O)O. The van der Waals surface area contributed by atoms with Crippen LogP contribution in [0.2, 0.25) is 0 Å². The van der Waals surface area contributed by atoms with Crippen LogP contribution < -0.4 is 0 Å². The number of phosphoric ester groups is 1. The van der Waals surface area contributed by atoms with Gasteiger partial charge in [0.1, 0.15) is 6.61 Å². The van der Waals surface area contributed by atoms with E-state index < -0.39 is 32.5 Å². The summed E-state index contributed by atoms with van der Waals surface area (Å²) in [7, 11) is -4.75. The molecular formula is C41H79O8P. The third-order valence-corrected chi connectivity index (χ3v) is 9.77. The highest BCUT2D eigenvalue weighted by atomic mass is 31.2. The Balaban J connectivity index is 3.80. The van der Waals surface area contributed by atoms with E-state index in [-0.39, 0.29) is 19.4 Å². The zero-order valence-corrected chi connectivity index (χ0v) is 33.5. The molecule has 0 aliphatic heterocycles. The molecule has 296 valence electrons. The monoisotopic (exact) mass is 731 g/mol. The molecule has 0 aliphatic carbocycles. The van der Waals surface area contributed by atoms with Gasteiger partial charge in [0, 0.05) is 12.8 Å². The van der Waals surface area contributed by atoms with Crippen LogP contribution in [0.15, 0.2) is 12.2 Å². The quantitative estimate of drug-likeness (QED) is 0.0278. The number of allylic oxidation sites excluding steroid dienone is 2. The van der Waals surface area contributed by atoms with E-state index in [1.807, 2.05) is 0 Å². The lowest BCUT2D eigenvalue weighted by atomic mass is 10.0. The molecule has 8 nitrogen and oxygen atoms in total. The Hall–Kier alpha value is -1.21. The van der Waals surface area contributed by atoms with Crippen molar-refractivity contribution in [1.29, 1.82) is 0 Å². The van der Waals surface area contributed by atoms with Crippen LogP contribution in [0.3, 0.4) is 0 Å². The Morgan fingerprint density at radius 3 is 1.28 bits per heavy atom. The number of rotatable bonds is 39. The molecule has 0 fully saturated rings. The van der Waals surface area contributed by atoms with E-state index in [4.69, 9.17) is 19.3 Å². The highest BCUT2D eigenvalue weighted by Crippen LogP contribution is 2.36. The van der Waals surface area contributed by atoms with E-state index >= 15 is 0 Å². The molecule has 2 N–H and O–H groups in total. The number of hydrogen-bond donors (Lipinski definition) is 2. The van der Waals surface area contributed by atoms with E-state index in [2.05, 4.69) is 30.5 Å². The predicted molar refractivity (Wildman–Crippen MR) is 207 cm³/mol. The van der Waals surface area contributed by atoms with Crippen LogP contribution in [0.25, 0.3) is 0 Å². The van der Waals surface area contributed by atoms with Crippen molar-refractivity contribution in [2.24, 2.45) is 0 Å². The zero-order chi connectivity index (χ0) is 36.8. The van der Waals surface area contributed by atoms with Crippen LogP contribution in [0.5, 0.6) is 0 Å². The molecule has 1 atom stereocenters. The third kappa shape index (κ3) is 39.6. The van der Waals surface area contributed by atoms with Crippen molar-refractivity contribution in [1.82, 2.24) is 0 Å². The molecule has 0 aliphatic rings. The summed E-state index contributed by atoms with van der Waals surface area (Å²) in [6, 6.07) is 0. The first kappa shape index (κ1) is 48.8. The van der Waals surface area contributed by atoms with Gasteiger partial charge in [-0.05, 0) is 32.1 Å². The lowest BCUT2D eigenvalue weighted by Crippen LogP contribution is -2.29. The fraction of sp³-hybridized carbons (Fsp3) is 0.902. The van der Waals surface area contributed by atoms with Crippen LogP contribution in [-0.4, -0.2) is 41.0 Å². The molecule has 0 aromatic carbocycles. The van der Waals surface area contributed by atoms with Gasteiger partial charge in [-0.2, -0.15) is 0 Å². The number of esters is 2. The molecule has 0 saturated heterocycles. The van der Waals surface area contributed by atoms with E-state index in [9.17, 15) is 14.2 Å². The average molecular weight is 731 g/mol. The van der Waals surface area contributed by atoms with Crippen molar-refractivity contribution in [2.75, 3.05) is 13.2 Å². The molecule has 9 heteroatoms. The van der Waals surface area contributed by atoms with Gasteiger partial charge < -0.3 is 19.3 Å². The van der Waals surface area contributed by atoms with Gasteiger partial charge in [-0.1, -0.05) is 187 Å². The fourth-order valence-corrected chi connectivity index (χ4v) is 6.48. The number of unbranched alkanes of at least 4 members (excludes halogenated alkanes) is 27. The van der Waals surface area contributed by atoms with Gasteiger partial charge >= 0.3 is 19.8 Å². The lowest BCUT2D eigenvalue weighted by molar-refractivity contribution is -0.161. The highest BCUT2D eigenvalue weighted by Gasteiger charge is 2.22. The van der Waals surface area contributed by atoms with Crippen LogP contribution in [0.4, 0.5) is 0 Å². The largest absolute Gasteiger partial charge is 0.469 e. The van der Waals surface area contributed by atoms with Gasteiger partial charge in [-0.3, -0.25) is 14.1 Å². The van der Waals surface area contributed by atoms with Gasteiger partial charge in [0.2, 0.25) is 0 Å². The van der Waals surface area contributed by atoms with Gasteiger partial charge in [-0.25, -0.2) is 4.57 Å². The van der Waals surface area contributed by atoms with Crippen LogP contribution in [0, 0.1) is 0 Å². The second kappa shape index (κ2) is 37.5. The molecule has 0 bridgehead atoms. The van der Waals surface area contributed by atoms with Crippen LogP contribution >= 0.6 is 7.82 Å². The predicted octanol–water partition coefficient (Wildman–Crippen LogP) is 12.6. The summed E-state index contributed by atoms with van der Waals surface area (Å²) in [5.41, 5.74) is 0. The van der Waals surface area contributed by atoms with E-state index in [0.717, 1.165) is 57.8 Å². The Bertz CT molecular complexity index is 827. The summed E-state index contributed by atoms with van der Waals surface area (Å²) in [6.07, 6.45) is 40.9. The van der Waals surface area contributed by atoms with E-state index in [0.29, 0.717) is 6.42 Å². The van der Waals surface area contributed by atoms with Crippen molar-refractivity contribution >= 4 is 19.8 Å². The van der Waals surface area contributed by atoms with Crippen molar-refractivity contribution in [3.05, 3.63) is 12.2 Å². The maximum atomic E-state index is 12.3. The summed E-state index contributed by atoms with van der Waals surface area (Å²) in [4.78, 5) is 42.7. The Labute approximate surface area is 307 Å². The second-order valence-electron chi connectivity index (χ2n) is 14.3. The molecular weight excluding hydrogens is 651 g/mol. The third-order valence-electron chi connectivity index (χ3n) is 9.28. The van der Waals surface area contributed by atoms with Gasteiger partial charge in [0.25, 0.3) is 0 Å². The first-order valence-electron chi connectivity index (χ1n) is 21.0. The molecule has 0 saturated carbocycles. The van der Waals surface area contributed by atoms with E-state index in [1.165, 1.54) is 128 Å². The van der Waals surface area contributed by atoms with Crippen molar-refractivity contribution in [3.63, 3.8) is 0 Å². The van der Waals surface area contributed by atoms with Crippen molar-refractivity contribution < 1.29 is 37.9 Å². The minimum Gasteiger partial charge on any atom is -0.462 e. The van der Waals surface area contributed by atoms with Crippen LogP contribution in [0.1, 0.15) is 219 Å². The standard InChI is InChI=1S/C41H79O8P/c1-3-5-7-9-11-13-15-16-17-18-19-20-21-22-23-24-26-27-29-31-33-35-40(42)47-37-39(38-48-50(44,45)46)49-41(43)36-34-32-30-28-25-14-12-10-8-6-4-2/h10,12,39H,3-9,11,13-38H2,1-2H3,(H2,44,45,46)/b12-10-/t39-/m1/s1. The summed E-state index contributed by atoms with van der Waals surface area (Å²) in [6.45, 7) is 3.66. The maximum absolute atomic E-state index is 12.3. The Kier molecular flexibility index (Phi) is 36.6. The number of ether oxygens (including phenoxy) is 2. The Morgan fingerprint density at radius 1 is 0.500 bits per heavy atom. The minimum absolute atomic E-state index is 0.205. The average Bonchev–Trinajstić information content (AvgIpc) is 3.08. The molecule has 50 heavy (non-hydrogen) atoms. The molecule has 0 spiro atoms. The highest BCUT2D eigenvalue weighted by molar-refractivity contribution is 7.46. The zero-order valence-electron chi connectivity index (χ0n) is 32.6. The number of carbonyl (C=O) groups excluding carboxylic acids is 2. The minimum atomic E-state index is -4.75. The summed E-state index contributed by atoms with van der Waals surface area (Å²) in [5, 5.41) is 0. The number of phosphoric acid groups is 1. The van der Waals surface area contributed by atoms with Crippen molar-refractivity contribution in [2.45, 2.75) is 225 Å². The number of carbonyl (C=O) groups is 2. The lowest BCUT2D eigenvalue weighted by Gasteiger charge is -2.18. The molecule has 0 amide bonds. The summed E-state index contributed by atoms with van der Waals surface area (Å²) >= 11 is 0. The van der Waals surface area contributed by atoms with Gasteiger partial charge in [0.05, 0.1) is 6.61 Å². The summed E-state index contributed by atoms with van der Waals surface area (Å²) in [5.74, 6) is -0.885.